The Hall–Kier alpha value is -2.33. The minimum atomic E-state index is -0.215. The van der Waals surface area contributed by atoms with Gasteiger partial charge < -0.3 is 14.0 Å². The number of hydrogen-bond donors (Lipinski definition) is 0. The third-order valence-electron chi connectivity index (χ3n) is 8.35. The summed E-state index contributed by atoms with van der Waals surface area (Å²) in [5.74, 6) is 0.701. The van der Waals surface area contributed by atoms with Crippen LogP contribution in [0.3, 0.4) is 0 Å². The summed E-state index contributed by atoms with van der Waals surface area (Å²) in [4.78, 5) is 13.1. The number of carbonyl (C=O) groups excluding carboxylic acids is 1. The largest absolute Gasteiger partial charge is 0.487 e. The molecular formula is C37H60NO3+. The summed E-state index contributed by atoms with van der Waals surface area (Å²) in [5.41, 5.74) is 2.59. The first-order valence-electron chi connectivity index (χ1n) is 16.7. The molecule has 2 rings (SSSR count). The van der Waals surface area contributed by atoms with Crippen LogP contribution in [0.15, 0.2) is 54.6 Å². The van der Waals surface area contributed by atoms with Gasteiger partial charge in [-0.15, -0.1) is 0 Å². The topological polar surface area (TPSA) is 35.5 Å². The van der Waals surface area contributed by atoms with Gasteiger partial charge in [0.2, 0.25) is 0 Å². The van der Waals surface area contributed by atoms with E-state index in [0.717, 1.165) is 31.6 Å². The zero-order valence-corrected chi connectivity index (χ0v) is 27.0. The minimum absolute atomic E-state index is 0.145. The molecule has 41 heavy (non-hydrogen) atoms. The number of ether oxygens (including phenoxy) is 2. The third-order valence-corrected chi connectivity index (χ3v) is 8.35. The van der Waals surface area contributed by atoms with Crippen molar-refractivity contribution >= 4 is 5.97 Å². The van der Waals surface area contributed by atoms with Crippen LogP contribution < -0.4 is 4.74 Å². The second-order valence-corrected chi connectivity index (χ2v) is 12.4. The molecule has 0 aliphatic heterocycles. The molecule has 0 aliphatic rings. The molecule has 0 radical (unpaired) electrons. The maximum atomic E-state index is 13.1. The highest BCUT2D eigenvalue weighted by atomic mass is 16.6. The number of quaternary nitrogens is 1. The van der Waals surface area contributed by atoms with Crippen LogP contribution in [-0.2, 0) is 22.5 Å². The molecule has 2 aromatic rings. The highest BCUT2D eigenvalue weighted by Crippen LogP contribution is 2.20. The van der Waals surface area contributed by atoms with Gasteiger partial charge in [0.15, 0.2) is 6.04 Å². The highest BCUT2D eigenvalue weighted by molar-refractivity contribution is 5.74. The first kappa shape index (κ1) is 34.9. The number of likely N-dealkylation sites (N-methyl/N-ethyl adjacent to an activating group) is 1. The normalized spacial score (nSPS) is 13.1. The van der Waals surface area contributed by atoms with Crippen molar-refractivity contribution in [1.82, 2.24) is 0 Å². The van der Waals surface area contributed by atoms with E-state index in [1.807, 2.05) is 18.2 Å². The van der Waals surface area contributed by atoms with Gasteiger partial charge in [0.25, 0.3) is 0 Å². The molecule has 0 aromatic heterocycles. The lowest BCUT2D eigenvalue weighted by atomic mass is 10.0. The molecule has 4 heteroatoms. The molecule has 0 fully saturated rings. The van der Waals surface area contributed by atoms with Gasteiger partial charge in [0.05, 0.1) is 14.1 Å². The van der Waals surface area contributed by atoms with E-state index in [2.05, 4.69) is 71.3 Å². The van der Waals surface area contributed by atoms with E-state index in [1.54, 1.807) is 0 Å². The van der Waals surface area contributed by atoms with Crippen LogP contribution in [0.5, 0.6) is 5.75 Å². The molecule has 4 nitrogen and oxygen atoms in total. The van der Waals surface area contributed by atoms with Gasteiger partial charge in [0.1, 0.15) is 25.0 Å². The van der Waals surface area contributed by atoms with E-state index in [-0.39, 0.29) is 24.7 Å². The molecule has 0 heterocycles. The van der Waals surface area contributed by atoms with E-state index in [0.29, 0.717) is 4.48 Å². The van der Waals surface area contributed by atoms with Crippen LogP contribution in [-0.4, -0.2) is 43.3 Å². The first-order chi connectivity index (χ1) is 19.9. The van der Waals surface area contributed by atoms with Crippen LogP contribution >= 0.6 is 0 Å². The van der Waals surface area contributed by atoms with Crippen molar-refractivity contribution in [2.45, 2.75) is 136 Å². The van der Waals surface area contributed by atoms with Crippen molar-refractivity contribution in [3.63, 3.8) is 0 Å². The molecule has 0 aliphatic carbocycles. The second-order valence-electron chi connectivity index (χ2n) is 12.4. The van der Waals surface area contributed by atoms with Crippen LogP contribution in [0.2, 0.25) is 0 Å². The maximum absolute atomic E-state index is 13.1. The molecule has 230 valence electrons. The monoisotopic (exact) mass is 566 g/mol. The number of benzene rings is 2. The summed E-state index contributed by atoms with van der Waals surface area (Å²) in [6.45, 7) is 7.48. The van der Waals surface area contributed by atoms with E-state index < -0.39 is 0 Å². The zero-order valence-electron chi connectivity index (χ0n) is 27.0. The van der Waals surface area contributed by atoms with Gasteiger partial charge in [-0.2, -0.15) is 0 Å². The molecule has 0 spiro atoms. The van der Waals surface area contributed by atoms with Crippen LogP contribution in [0.1, 0.15) is 122 Å². The summed E-state index contributed by atoms with van der Waals surface area (Å²) in [7, 11) is 4.21. The number of aryl methyl sites for hydroxylation is 1. The molecule has 0 saturated carbocycles. The SMILES string of the molecule is CCCCCCCCCCCCCCc1ccc(OC(CC)COC(=O)C(CC)[N+](C)(C)Cc2ccccc2)cc1. The predicted octanol–water partition coefficient (Wildman–Crippen LogP) is 9.69. The average Bonchev–Trinajstić information content (AvgIpc) is 2.97. The molecule has 0 saturated heterocycles. The van der Waals surface area contributed by atoms with Crippen LogP contribution in [0.25, 0.3) is 0 Å². The van der Waals surface area contributed by atoms with Crippen molar-refractivity contribution in [2.24, 2.45) is 0 Å². The van der Waals surface area contributed by atoms with Gasteiger partial charge in [-0.1, -0.05) is 134 Å². The summed E-state index contributed by atoms with van der Waals surface area (Å²) >= 11 is 0. The fourth-order valence-electron chi connectivity index (χ4n) is 5.71. The van der Waals surface area contributed by atoms with Crippen molar-refractivity contribution in [2.75, 3.05) is 20.7 Å². The molecule has 0 amide bonds. The Morgan fingerprint density at radius 2 is 1.24 bits per heavy atom. The lowest BCUT2D eigenvalue weighted by molar-refractivity contribution is -0.919. The number of rotatable bonds is 23. The van der Waals surface area contributed by atoms with Gasteiger partial charge in [-0.25, -0.2) is 4.79 Å². The lowest BCUT2D eigenvalue weighted by Crippen LogP contribution is -2.52. The number of unbranched alkanes of at least 4 members (excludes halogenated alkanes) is 11. The Morgan fingerprint density at radius 1 is 0.683 bits per heavy atom. The van der Waals surface area contributed by atoms with Crippen molar-refractivity contribution in [1.29, 1.82) is 0 Å². The summed E-state index contributed by atoms with van der Waals surface area (Å²) in [6.07, 6.45) is 19.1. The standard InChI is InChI=1S/C37H60NO3/c1-6-9-10-11-12-13-14-15-16-17-18-20-23-32-26-28-35(29-27-32)41-34(7-2)31-40-37(39)36(8-3)38(4,5)30-33-24-21-19-22-25-33/h19,21-22,24-29,34,36H,6-18,20,23,30-31H2,1-5H3/q+1. The Bertz CT molecular complexity index is 925. The molecule has 0 N–H and O–H groups in total. The van der Waals surface area contributed by atoms with E-state index in [4.69, 9.17) is 9.47 Å². The number of hydrogen-bond acceptors (Lipinski definition) is 3. The Balaban J connectivity index is 1.66. The number of nitrogens with zero attached hydrogens (tertiary/aromatic N) is 1. The fourth-order valence-corrected chi connectivity index (χ4v) is 5.71. The summed E-state index contributed by atoms with van der Waals surface area (Å²) in [6, 6.07) is 18.6. The Kier molecular flexibility index (Phi) is 17.5. The summed E-state index contributed by atoms with van der Waals surface area (Å²) < 4.78 is 12.6. The molecule has 2 unspecified atom stereocenters. The lowest BCUT2D eigenvalue weighted by Gasteiger charge is -2.36. The Morgan fingerprint density at radius 3 is 1.78 bits per heavy atom. The maximum Gasteiger partial charge on any atom is 0.365 e. The average molecular weight is 567 g/mol. The van der Waals surface area contributed by atoms with E-state index in [1.165, 1.54) is 88.2 Å². The van der Waals surface area contributed by atoms with Gasteiger partial charge in [-0.05, 0) is 37.0 Å². The Labute approximate surface area is 252 Å². The first-order valence-corrected chi connectivity index (χ1v) is 16.7. The zero-order chi connectivity index (χ0) is 29.8. The minimum Gasteiger partial charge on any atom is -0.487 e. The van der Waals surface area contributed by atoms with Crippen molar-refractivity contribution in [3.8, 4) is 5.75 Å². The third kappa shape index (κ3) is 14.4. The fraction of sp³-hybridized carbons (Fsp3) is 0.649. The van der Waals surface area contributed by atoms with E-state index in [9.17, 15) is 4.79 Å². The molecule has 2 atom stereocenters. The van der Waals surface area contributed by atoms with Crippen LogP contribution in [0.4, 0.5) is 0 Å². The number of carbonyl (C=O) groups is 1. The van der Waals surface area contributed by atoms with E-state index >= 15 is 0 Å². The molecule has 2 aromatic carbocycles. The second kappa shape index (κ2) is 20.5. The molecule has 0 bridgehead atoms. The molecular weight excluding hydrogens is 506 g/mol. The highest BCUT2D eigenvalue weighted by Gasteiger charge is 2.35. The number of esters is 1. The predicted molar refractivity (Wildman–Crippen MR) is 173 cm³/mol. The van der Waals surface area contributed by atoms with Gasteiger partial charge in [-0.3, -0.25) is 0 Å². The van der Waals surface area contributed by atoms with Crippen molar-refractivity contribution in [3.05, 3.63) is 65.7 Å². The van der Waals surface area contributed by atoms with Crippen molar-refractivity contribution < 1.29 is 18.8 Å². The van der Waals surface area contributed by atoms with Gasteiger partial charge >= 0.3 is 5.97 Å². The van der Waals surface area contributed by atoms with Crippen LogP contribution in [0, 0.1) is 0 Å². The quantitative estimate of drug-likeness (QED) is 0.0763. The van der Waals surface area contributed by atoms with Gasteiger partial charge in [0, 0.05) is 12.0 Å². The summed E-state index contributed by atoms with van der Waals surface area (Å²) in [5, 5.41) is 0. The smallest absolute Gasteiger partial charge is 0.365 e.